The van der Waals surface area contributed by atoms with Crippen LogP contribution in [0.4, 0.5) is 10.5 Å². The summed E-state index contributed by atoms with van der Waals surface area (Å²) in [4.78, 5) is 11.6. The quantitative estimate of drug-likeness (QED) is 0.752. The predicted octanol–water partition coefficient (Wildman–Crippen LogP) is 2.67. The minimum Gasteiger partial charge on any atom is -0.388 e. The van der Waals surface area contributed by atoms with Crippen LogP contribution in [-0.4, -0.2) is 23.3 Å². The molecule has 0 radical (unpaired) electrons. The maximum atomic E-state index is 11.6. The monoisotopic (exact) mass is 250 g/mol. The smallest absolute Gasteiger partial charge is 0.319 e. The number of benzene rings is 1. The Balaban J connectivity index is 2.45. The molecule has 0 unspecified atom stereocenters. The fourth-order valence-corrected chi connectivity index (χ4v) is 1.56. The van der Waals surface area contributed by atoms with Gasteiger partial charge in [0.25, 0.3) is 0 Å². The second-order valence-electron chi connectivity index (χ2n) is 4.61. The van der Waals surface area contributed by atoms with Gasteiger partial charge in [-0.25, -0.2) is 4.79 Å². The fraction of sp³-hybridized carbons (Fsp3) is 0.500. The second kappa shape index (κ2) is 6.40. The molecule has 1 aromatic carbocycles. The van der Waals surface area contributed by atoms with Crippen LogP contribution in [0, 0.1) is 6.92 Å². The zero-order chi connectivity index (χ0) is 13.6. The molecule has 0 heterocycles. The van der Waals surface area contributed by atoms with E-state index in [2.05, 4.69) is 10.6 Å². The van der Waals surface area contributed by atoms with E-state index in [0.29, 0.717) is 12.8 Å². The van der Waals surface area contributed by atoms with E-state index in [1.807, 2.05) is 45.0 Å². The van der Waals surface area contributed by atoms with Crippen LogP contribution < -0.4 is 10.6 Å². The first-order valence-electron chi connectivity index (χ1n) is 6.33. The summed E-state index contributed by atoms with van der Waals surface area (Å²) in [5, 5.41) is 15.5. The molecule has 0 fully saturated rings. The molecule has 0 aromatic heterocycles. The van der Waals surface area contributed by atoms with E-state index in [0.717, 1.165) is 11.3 Å². The van der Waals surface area contributed by atoms with E-state index in [9.17, 15) is 9.90 Å². The van der Waals surface area contributed by atoms with Gasteiger partial charge in [0.1, 0.15) is 0 Å². The lowest BCUT2D eigenvalue weighted by molar-refractivity contribution is 0.0354. The van der Waals surface area contributed by atoms with Gasteiger partial charge in [-0.05, 0) is 31.9 Å². The lowest BCUT2D eigenvalue weighted by Gasteiger charge is -2.25. The minimum atomic E-state index is -0.815. The molecule has 18 heavy (non-hydrogen) atoms. The van der Waals surface area contributed by atoms with Crippen molar-refractivity contribution < 1.29 is 9.90 Å². The summed E-state index contributed by atoms with van der Waals surface area (Å²) in [7, 11) is 0. The van der Waals surface area contributed by atoms with Crippen molar-refractivity contribution in [2.24, 2.45) is 0 Å². The summed E-state index contributed by atoms with van der Waals surface area (Å²) in [6.45, 7) is 6.07. The molecule has 4 heteroatoms. The van der Waals surface area contributed by atoms with Crippen LogP contribution in [0.1, 0.15) is 32.3 Å². The van der Waals surface area contributed by atoms with Crippen LogP contribution in [0.25, 0.3) is 0 Å². The number of aliphatic hydroxyl groups is 1. The number of rotatable bonds is 5. The highest BCUT2D eigenvalue weighted by Crippen LogP contribution is 2.13. The Labute approximate surface area is 108 Å². The lowest BCUT2D eigenvalue weighted by Crippen LogP contribution is -2.43. The van der Waals surface area contributed by atoms with Crippen LogP contribution >= 0.6 is 0 Å². The molecule has 1 aromatic rings. The van der Waals surface area contributed by atoms with Crippen molar-refractivity contribution in [2.45, 2.75) is 39.2 Å². The zero-order valence-electron chi connectivity index (χ0n) is 11.3. The van der Waals surface area contributed by atoms with E-state index in [4.69, 9.17) is 0 Å². The second-order valence-corrected chi connectivity index (χ2v) is 4.61. The molecule has 0 aliphatic heterocycles. The van der Waals surface area contributed by atoms with Gasteiger partial charge in [-0.3, -0.25) is 0 Å². The van der Waals surface area contributed by atoms with Crippen molar-refractivity contribution in [3.05, 3.63) is 29.8 Å². The molecule has 0 saturated carbocycles. The van der Waals surface area contributed by atoms with Gasteiger partial charge in [-0.2, -0.15) is 0 Å². The predicted molar refractivity (Wildman–Crippen MR) is 73.7 cm³/mol. The summed E-state index contributed by atoms with van der Waals surface area (Å²) in [6, 6.07) is 7.27. The molecule has 0 aliphatic rings. The zero-order valence-corrected chi connectivity index (χ0v) is 11.3. The minimum absolute atomic E-state index is 0.262. The topological polar surface area (TPSA) is 61.4 Å². The largest absolute Gasteiger partial charge is 0.388 e. The number of urea groups is 1. The summed E-state index contributed by atoms with van der Waals surface area (Å²) in [5.41, 5.74) is 1.08. The highest BCUT2D eigenvalue weighted by molar-refractivity contribution is 5.89. The fourth-order valence-electron chi connectivity index (χ4n) is 1.56. The van der Waals surface area contributed by atoms with Gasteiger partial charge in [-0.1, -0.05) is 31.5 Å². The molecule has 0 aliphatic carbocycles. The standard InChI is InChI=1S/C14H22N2O2/c1-4-14(18,5-2)10-15-13(17)16-12-8-6-11(3)7-9-12/h6-9,18H,4-5,10H2,1-3H3,(H2,15,16,17). The molecular formula is C14H22N2O2. The highest BCUT2D eigenvalue weighted by atomic mass is 16.3. The first-order chi connectivity index (χ1) is 8.49. The Morgan fingerprint density at radius 2 is 1.78 bits per heavy atom. The van der Waals surface area contributed by atoms with Crippen LogP contribution in [0.15, 0.2) is 24.3 Å². The Morgan fingerprint density at radius 1 is 1.22 bits per heavy atom. The average molecular weight is 250 g/mol. The number of nitrogens with one attached hydrogen (secondary N) is 2. The number of hydrogen-bond donors (Lipinski definition) is 3. The van der Waals surface area contributed by atoms with Crippen molar-refractivity contribution in [2.75, 3.05) is 11.9 Å². The van der Waals surface area contributed by atoms with Crippen molar-refractivity contribution in [3.8, 4) is 0 Å². The molecule has 0 saturated heterocycles. The Kier molecular flexibility index (Phi) is 5.16. The van der Waals surface area contributed by atoms with Gasteiger partial charge in [0.2, 0.25) is 0 Å². The molecule has 2 amide bonds. The van der Waals surface area contributed by atoms with Gasteiger partial charge >= 0.3 is 6.03 Å². The van der Waals surface area contributed by atoms with E-state index in [1.165, 1.54) is 0 Å². The number of carbonyl (C=O) groups excluding carboxylic acids is 1. The van der Waals surface area contributed by atoms with Crippen molar-refractivity contribution in [3.63, 3.8) is 0 Å². The Bertz CT molecular complexity index is 383. The van der Waals surface area contributed by atoms with Crippen LogP contribution in [0.5, 0.6) is 0 Å². The molecule has 3 N–H and O–H groups in total. The Morgan fingerprint density at radius 3 is 2.28 bits per heavy atom. The number of anilines is 1. The van der Waals surface area contributed by atoms with Gasteiger partial charge in [-0.15, -0.1) is 0 Å². The van der Waals surface area contributed by atoms with Gasteiger partial charge < -0.3 is 15.7 Å². The first-order valence-corrected chi connectivity index (χ1v) is 6.33. The Hall–Kier alpha value is -1.55. The first kappa shape index (κ1) is 14.5. The summed E-state index contributed by atoms with van der Waals surface area (Å²) >= 11 is 0. The molecular weight excluding hydrogens is 228 g/mol. The van der Waals surface area contributed by atoms with E-state index in [-0.39, 0.29) is 12.6 Å². The van der Waals surface area contributed by atoms with Crippen molar-refractivity contribution >= 4 is 11.7 Å². The third-order valence-electron chi connectivity index (χ3n) is 3.20. The van der Waals surface area contributed by atoms with Gasteiger partial charge in [0.15, 0.2) is 0 Å². The van der Waals surface area contributed by atoms with E-state index in [1.54, 1.807) is 0 Å². The molecule has 0 atom stereocenters. The van der Waals surface area contributed by atoms with E-state index < -0.39 is 5.60 Å². The van der Waals surface area contributed by atoms with Crippen LogP contribution in [0.3, 0.4) is 0 Å². The van der Waals surface area contributed by atoms with Gasteiger partial charge in [0.05, 0.1) is 5.60 Å². The van der Waals surface area contributed by atoms with Crippen molar-refractivity contribution in [1.29, 1.82) is 0 Å². The van der Waals surface area contributed by atoms with Crippen LogP contribution in [0.2, 0.25) is 0 Å². The van der Waals surface area contributed by atoms with Gasteiger partial charge in [0, 0.05) is 12.2 Å². The summed E-state index contributed by atoms with van der Waals surface area (Å²) < 4.78 is 0. The van der Waals surface area contributed by atoms with E-state index >= 15 is 0 Å². The summed E-state index contributed by atoms with van der Waals surface area (Å²) in [6.07, 6.45) is 1.24. The third-order valence-corrected chi connectivity index (χ3v) is 3.20. The maximum absolute atomic E-state index is 11.6. The third kappa shape index (κ3) is 4.37. The maximum Gasteiger partial charge on any atom is 0.319 e. The summed E-state index contributed by atoms with van der Waals surface area (Å²) in [5.74, 6) is 0. The molecule has 1 rings (SSSR count). The number of amides is 2. The normalized spacial score (nSPS) is 11.1. The molecule has 0 bridgehead atoms. The molecule has 0 spiro atoms. The number of hydrogen-bond acceptors (Lipinski definition) is 2. The SMILES string of the molecule is CCC(O)(CC)CNC(=O)Nc1ccc(C)cc1. The highest BCUT2D eigenvalue weighted by Gasteiger charge is 2.22. The number of carbonyl (C=O) groups is 1. The number of aryl methyl sites for hydroxylation is 1. The average Bonchev–Trinajstić information content (AvgIpc) is 2.39. The molecule has 100 valence electrons. The molecule has 4 nitrogen and oxygen atoms in total. The lowest BCUT2D eigenvalue weighted by atomic mass is 9.98. The van der Waals surface area contributed by atoms with Crippen LogP contribution in [-0.2, 0) is 0 Å². The van der Waals surface area contributed by atoms with Crippen molar-refractivity contribution in [1.82, 2.24) is 5.32 Å².